The Morgan fingerprint density at radius 2 is 1.88 bits per heavy atom. The number of rotatable bonds is 5. The SMILES string of the molecule is COC(=O)c1ccc(N2CCCC2)c(NC(=O)Cc2ccccc2F)c1. The van der Waals surface area contributed by atoms with Crippen LogP contribution < -0.4 is 10.2 Å². The first-order chi connectivity index (χ1) is 12.6. The van der Waals surface area contributed by atoms with E-state index in [4.69, 9.17) is 4.74 Å². The van der Waals surface area contributed by atoms with Gasteiger partial charge in [-0.1, -0.05) is 18.2 Å². The minimum absolute atomic E-state index is 0.0748. The second kappa shape index (κ2) is 7.99. The summed E-state index contributed by atoms with van der Waals surface area (Å²) in [5.74, 6) is -1.22. The molecule has 6 heteroatoms. The van der Waals surface area contributed by atoms with E-state index >= 15 is 0 Å². The Kier molecular flexibility index (Phi) is 5.51. The van der Waals surface area contributed by atoms with Crippen LogP contribution in [0.5, 0.6) is 0 Å². The number of methoxy groups -OCH3 is 1. The molecule has 0 aliphatic carbocycles. The summed E-state index contributed by atoms with van der Waals surface area (Å²) in [7, 11) is 1.31. The van der Waals surface area contributed by atoms with Crippen LogP contribution in [0.3, 0.4) is 0 Å². The van der Waals surface area contributed by atoms with Crippen molar-refractivity contribution in [2.45, 2.75) is 19.3 Å². The number of ether oxygens (including phenoxy) is 1. The number of nitrogens with zero attached hydrogens (tertiary/aromatic N) is 1. The van der Waals surface area contributed by atoms with E-state index in [9.17, 15) is 14.0 Å². The molecule has 0 aromatic heterocycles. The minimum atomic E-state index is -0.470. The summed E-state index contributed by atoms with van der Waals surface area (Å²) in [5, 5.41) is 2.83. The number of amides is 1. The van der Waals surface area contributed by atoms with Gasteiger partial charge in [0, 0.05) is 13.1 Å². The molecule has 0 radical (unpaired) electrons. The van der Waals surface area contributed by atoms with Crippen LogP contribution in [0.1, 0.15) is 28.8 Å². The van der Waals surface area contributed by atoms with Gasteiger partial charge in [-0.3, -0.25) is 4.79 Å². The van der Waals surface area contributed by atoms with Crippen molar-refractivity contribution >= 4 is 23.3 Å². The maximum Gasteiger partial charge on any atom is 0.337 e. The standard InChI is InChI=1S/C20H21FN2O3/c1-26-20(25)15-8-9-18(23-10-4-5-11-23)17(12-15)22-19(24)13-14-6-2-3-7-16(14)21/h2-3,6-9,12H,4-5,10-11,13H2,1H3,(H,22,24). The van der Waals surface area contributed by atoms with Gasteiger partial charge in [-0.05, 0) is 42.7 Å². The zero-order valence-electron chi connectivity index (χ0n) is 14.6. The number of nitrogens with one attached hydrogen (secondary N) is 1. The van der Waals surface area contributed by atoms with E-state index in [1.54, 1.807) is 30.3 Å². The summed E-state index contributed by atoms with van der Waals surface area (Å²) in [6.45, 7) is 1.79. The molecule has 26 heavy (non-hydrogen) atoms. The predicted molar refractivity (Wildman–Crippen MR) is 98.0 cm³/mol. The summed E-state index contributed by atoms with van der Waals surface area (Å²) >= 11 is 0. The Labute approximate surface area is 151 Å². The monoisotopic (exact) mass is 356 g/mol. The third kappa shape index (κ3) is 4.02. The normalized spacial score (nSPS) is 13.5. The van der Waals surface area contributed by atoms with Gasteiger partial charge in [-0.15, -0.1) is 0 Å². The second-order valence-electron chi connectivity index (χ2n) is 6.23. The third-order valence-corrected chi connectivity index (χ3v) is 4.45. The van der Waals surface area contributed by atoms with E-state index in [-0.39, 0.29) is 12.3 Å². The fraction of sp³-hybridized carbons (Fsp3) is 0.300. The Hall–Kier alpha value is -2.89. The van der Waals surface area contributed by atoms with Crippen molar-refractivity contribution in [3.05, 3.63) is 59.4 Å². The lowest BCUT2D eigenvalue weighted by atomic mass is 10.1. The summed E-state index contributed by atoms with van der Waals surface area (Å²) in [5.41, 5.74) is 2.08. The van der Waals surface area contributed by atoms with Gasteiger partial charge in [0.2, 0.25) is 5.91 Å². The number of carbonyl (C=O) groups excluding carboxylic acids is 2. The van der Waals surface area contributed by atoms with Gasteiger partial charge in [0.15, 0.2) is 0 Å². The van der Waals surface area contributed by atoms with Gasteiger partial charge in [0.05, 0.1) is 30.5 Å². The van der Waals surface area contributed by atoms with Crippen LogP contribution in [0.2, 0.25) is 0 Å². The molecule has 1 aliphatic rings. The van der Waals surface area contributed by atoms with Crippen LogP contribution in [0.4, 0.5) is 15.8 Å². The molecule has 0 bridgehead atoms. The molecule has 3 rings (SSSR count). The molecule has 1 amide bonds. The van der Waals surface area contributed by atoms with Crippen LogP contribution in [-0.4, -0.2) is 32.1 Å². The molecule has 2 aromatic rings. The first-order valence-corrected chi connectivity index (χ1v) is 8.59. The van der Waals surface area contributed by atoms with Crippen molar-refractivity contribution in [3.63, 3.8) is 0 Å². The second-order valence-corrected chi connectivity index (χ2v) is 6.23. The number of carbonyl (C=O) groups is 2. The van der Waals surface area contributed by atoms with Crippen molar-refractivity contribution in [1.29, 1.82) is 0 Å². The fourth-order valence-electron chi connectivity index (χ4n) is 3.12. The number of benzene rings is 2. The van der Waals surface area contributed by atoms with Crippen LogP contribution in [0, 0.1) is 5.82 Å². The van der Waals surface area contributed by atoms with Crippen molar-refractivity contribution in [3.8, 4) is 0 Å². The van der Waals surface area contributed by atoms with Gasteiger partial charge in [-0.2, -0.15) is 0 Å². The molecule has 2 aromatic carbocycles. The van der Waals surface area contributed by atoms with Crippen LogP contribution in [0.15, 0.2) is 42.5 Å². The van der Waals surface area contributed by atoms with Crippen LogP contribution in [-0.2, 0) is 16.0 Å². The molecule has 1 heterocycles. The summed E-state index contributed by atoms with van der Waals surface area (Å²) in [6.07, 6.45) is 2.09. The predicted octanol–water partition coefficient (Wildman–Crippen LogP) is 3.39. The van der Waals surface area contributed by atoms with Crippen molar-refractivity contribution in [1.82, 2.24) is 0 Å². The Morgan fingerprint density at radius 3 is 2.58 bits per heavy atom. The Morgan fingerprint density at radius 1 is 1.15 bits per heavy atom. The van der Waals surface area contributed by atoms with Crippen molar-refractivity contribution < 1.29 is 18.7 Å². The Bertz CT molecular complexity index is 816. The molecule has 0 atom stereocenters. The largest absolute Gasteiger partial charge is 0.465 e. The maximum absolute atomic E-state index is 13.8. The number of halogens is 1. The van der Waals surface area contributed by atoms with E-state index < -0.39 is 11.8 Å². The molecular weight excluding hydrogens is 335 g/mol. The minimum Gasteiger partial charge on any atom is -0.465 e. The van der Waals surface area contributed by atoms with Gasteiger partial charge >= 0.3 is 5.97 Å². The van der Waals surface area contributed by atoms with Crippen LogP contribution in [0.25, 0.3) is 0 Å². The lowest BCUT2D eigenvalue weighted by Gasteiger charge is -2.22. The number of hydrogen-bond donors (Lipinski definition) is 1. The third-order valence-electron chi connectivity index (χ3n) is 4.45. The molecular formula is C20H21FN2O3. The van der Waals surface area contributed by atoms with Crippen molar-refractivity contribution in [2.24, 2.45) is 0 Å². The number of esters is 1. The van der Waals surface area contributed by atoms with Gasteiger partial charge < -0.3 is 15.0 Å². The van der Waals surface area contributed by atoms with E-state index in [0.717, 1.165) is 31.6 Å². The van der Waals surface area contributed by atoms with Crippen LogP contribution >= 0.6 is 0 Å². The highest BCUT2D eigenvalue weighted by atomic mass is 19.1. The topological polar surface area (TPSA) is 58.6 Å². The van der Waals surface area contributed by atoms with Gasteiger partial charge in [0.1, 0.15) is 5.82 Å². The lowest BCUT2D eigenvalue weighted by molar-refractivity contribution is -0.115. The summed E-state index contributed by atoms with van der Waals surface area (Å²) in [4.78, 5) is 26.4. The van der Waals surface area contributed by atoms with Crippen molar-refractivity contribution in [2.75, 3.05) is 30.4 Å². The van der Waals surface area contributed by atoms with E-state index in [2.05, 4.69) is 10.2 Å². The smallest absolute Gasteiger partial charge is 0.337 e. The molecule has 0 saturated carbocycles. The quantitative estimate of drug-likeness (QED) is 0.835. The molecule has 1 N–H and O–H groups in total. The zero-order valence-corrected chi connectivity index (χ0v) is 14.6. The molecule has 1 fully saturated rings. The first kappa shape index (κ1) is 17.9. The lowest BCUT2D eigenvalue weighted by Crippen LogP contribution is -2.22. The molecule has 136 valence electrons. The number of anilines is 2. The van der Waals surface area contributed by atoms with Gasteiger partial charge in [-0.25, -0.2) is 9.18 Å². The van der Waals surface area contributed by atoms with E-state index in [0.29, 0.717) is 16.8 Å². The zero-order chi connectivity index (χ0) is 18.5. The highest BCUT2D eigenvalue weighted by Gasteiger charge is 2.19. The van der Waals surface area contributed by atoms with E-state index in [1.807, 2.05) is 6.07 Å². The highest BCUT2D eigenvalue weighted by Crippen LogP contribution is 2.30. The fourth-order valence-corrected chi connectivity index (χ4v) is 3.12. The average Bonchev–Trinajstić information content (AvgIpc) is 3.17. The van der Waals surface area contributed by atoms with Gasteiger partial charge in [0.25, 0.3) is 0 Å². The Balaban J connectivity index is 1.84. The molecule has 0 unspecified atom stereocenters. The maximum atomic E-state index is 13.8. The number of hydrogen-bond acceptors (Lipinski definition) is 4. The molecule has 5 nitrogen and oxygen atoms in total. The average molecular weight is 356 g/mol. The molecule has 0 spiro atoms. The summed E-state index contributed by atoms with van der Waals surface area (Å²) < 4.78 is 18.5. The molecule has 1 aliphatic heterocycles. The van der Waals surface area contributed by atoms with E-state index in [1.165, 1.54) is 13.2 Å². The molecule has 1 saturated heterocycles. The summed E-state index contributed by atoms with van der Waals surface area (Å²) in [6, 6.07) is 11.3. The first-order valence-electron chi connectivity index (χ1n) is 8.59. The highest BCUT2D eigenvalue weighted by molar-refractivity contribution is 5.98.